The molecule has 2 unspecified atom stereocenters. The lowest BCUT2D eigenvalue weighted by Gasteiger charge is -2.15. The van der Waals surface area contributed by atoms with Crippen LogP contribution in [-0.2, 0) is 0 Å². The van der Waals surface area contributed by atoms with E-state index in [4.69, 9.17) is 4.74 Å². The normalized spacial score (nSPS) is 25.2. The molecule has 1 saturated carbocycles. The highest BCUT2D eigenvalue weighted by Crippen LogP contribution is 2.29. The molecule has 1 aliphatic rings. The number of methoxy groups -OCH3 is 1. The molecule has 0 saturated heterocycles. The van der Waals surface area contributed by atoms with Crippen LogP contribution in [0.1, 0.15) is 26.2 Å². The Balaban J connectivity index is 2.04. The van der Waals surface area contributed by atoms with Gasteiger partial charge in [-0.1, -0.05) is 6.92 Å². The molecule has 0 aliphatic heterocycles. The van der Waals surface area contributed by atoms with Crippen molar-refractivity contribution < 1.29 is 4.74 Å². The zero-order chi connectivity index (χ0) is 10.7. The standard InChI is InChI=1S/C12H18N2O/c1-9-5-6-10(8-9)14-11-4-3-7-13-12(11)15-2/h3-4,7,9-10,14H,5-6,8H2,1-2H3. The maximum absolute atomic E-state index is 5.21. The van der Waals surface area contributed by atoms with E-state index in [1.165, 1.54) is 19.3 Å². The number of anilines is 1. The third-order valence-electron chi connectivity index (χ3n) is 3.02. The summed E-state index contributed by atoms with van der Waals surface area (Å²) in [7, 11) is 1.66. The maximum Gasteiger partial charge on any atom is 0.237 e. The van der Waals surface area contributed by atoms with Crippen LogP contribution >= 0.6 is 0 Å². The fourth-order valence-electron chi connectivity index (χ4n) is 2.22. The van der Waals surface area contributed by atoms with Gasteiger partial charge in [0.05, 0.1) is 12.8 Å². The van der Waals surface area contributed by atoms with Gasteiger partial charge in [0.2, 0.25) is 5.88 Å². The largest absolute Gasteiger partial charge is 0.480 e. The molecule has 3 heteroatoms. The first-order valence-electron chi connectivity index (χ1n) is 5.55. The van der Waals surface area contributed by atoms with Gasteiger partial charge in [0, 0.05) is 12.2 Å². The molecule has 0 aromatic carbocycles. The van der Waals surface area contributed by atoms with Crippen LogP contribution in [-0.4, -0.2) is 18.1 Å². The molecule has 0 amide bonds. The molecule has 1 aromatic rings. The SMILES string of the molecule is COc1ncccc1NC1CCC(C)C1. The molecule has 2 atom stereocenters. The summed E-state index contributed by atoms with van der Waals surface area (Å²) in [4.78, 5) is 4.17. The van der Waals surface area contributed by atoms with Crippen LogP contribution in [0.15, 0.2) is 18.3 Å². The van der Waals surface area contributed by atoms with Gasteiger partial charge in [-0.15, -0.1) is 0 Å². The molecule has 0 spiro atoms. The van der Waals surface area contributed by atoms with E-state index in [9.17, 15) is 0 Å². The first-order valence-corrected chi connectivity index (χ1v) is 5.55. The lowest BCUT2D eigenvalue weighted by Crippen LogP contribution is -2.16. The van der Waals surface area contributed by atoms with Gasteiger partial charge in [-0.25, -0.2) is 4.98 Å². The predicted octanol–water partition coefficient (Wildman–Crippen LogP) is 2.69. The monoisotopic (exact) mass is 206 g/mol. The summed E-state index contributed by atoms with van der Waals surface area (Å²) >= 11 is 0. The number of rotatable bonds is 3. The number of pyridine rings is 1. The van der Waals surface area contributed by atoms with E-state index in [2.05, 4.69) is 17.2 Å². The minimum atomic E-state index is 0.582. The zero-order valence-corrected chi connectivity index (χ0v) is 9.36. The second kappa shape index (κ2) is 4.51. The third-order valence-corrected chi connectivity index (χ3v) is 3.02. The summed E-state index contributed by atoms with van der Waals surface area (Å²) in [6, 6.07) is 4.54. The first kappa shape index (κ1) is 10.3. The van der Waals surface area contributed by atoms with Crippen LogP contribution in [0.3, 0.4) is 0 Å². The van der Waals surface area contributed by atoms with Crippen molar-refractivity contribution in [2.24, 2.45) is 5.92 Å². The lowest BCUT2D eigenvalue weighted by molar-refractivity contribution is 0.399. The van der Waals surface area contributed by atoms with Crippen molar-refractivity contribution in [3.63, 3.8) is 0 Å². The van der Waals surface area contributed by atoms with Gasteiger partial charge in [0.15, 0.2) is 0 Å². The van der Waals surface area contributed by atoms with Gasteiger partial charge in [-0.3, -0.25) is 0 Å². The highest BCUT2D eigenvalue weighted by molar-refractivity contribution is 5.52. The Morgan fingerprint density at radius 2 is 2.33 bits per heavy atom. The van der Waals surface area contributed by atoms with Crippen LogP contribution in [0.4, 0.5) is 5.69 Å². The summed E-state index contributed by atoms with van der Waals surface area (Å²) in [5.41, 5.74) is 1.01. The Kier molecular flexibility index (Phi) is 3.09. The van der Waals surface area contributed by atoms with Crippen molar-refractivity contribution >= 4 is 5.69 Å². The van der Waals surface area contributed by atoms with Crippen molar-refractivity contribution in [3.8, 4) is 5.88 Å². The Bertz CT molecular complexity index is 327. The van der Waals surface area contributed by atoms with E-state index in [0.29, 0.717) is 11.9 Å². The summed E-state index contributed by atoms with van der Waals surface area (Å²) in [6.45, 7) is 2.31. The van der Waals surface area contributed by atoms with E-state index in [-0.39, 0.29) is 0 Å². The Labute approximate surface area is 90.9 Å². The minimum Gasteiger partial charge on any atom is -0.480 e. The smallest absolute Gasteiger partial charge is 0.237 e. The average Bonchev–Trinajstić information content (AvgIpc) is 2.65. The van der Waals surface area contributed by atoms with E-state index in [0.717, 1.165) is 11.6 Å². The molecule has 1 aromatic heterocycles. The van der Waals surface area contributed by atoms with Crippen LogP contribution in [0, 0.1) is 5.92 Å². The second-order valence-electron chi connectivity index (χ2n) is 4.32. The fraction of sp³-hybridized carbons (Fsp3) is 0.583. The van der Waals surface area contributed by atoms with Crippen LogP contribution < -0.4 is 10.1 Å². The van der Waals surface area contributed by atoms with Crippen LogP contribution in [0.2, 0.25) is 0 Å². The number of nitrogens with zero attached hydrogens (tertiary/aromatic N) is 1. The number of ether oxygens (including phenoxy) is 1. The van der Waals surface area contributed by atoms with Gasteiger partial charge in [-0.2, -0.15) is 0 Å². The van der Waals surface area contributed by atoms with Gasteiger partial charge < -0.3 is 10.1 Å². The average molecular weight is 206 g/mol. The molecule has 1 fully saturated rings. The van der Waals surface area contributed by atoms with Crippen LogP contribution in [0.5, 0.6) is 5.88 Å². The number of hydrogen-bond donors (Lipinski definition) is 1. The zero-order valence-electron chi connectivity index (χ0n) is 9.36. The summed E-state index contributed by atoms with van der Waals surface area (Å²) in [6.07, 6.45) is 5.57. The molecule has 0 bridgehead atoms. The Morgan fingerprint density at radius 3 is 3.00 bits per heavy atom. The van der Waals surface area contributed by atoms with E-state index >= 15 is 0 Å². The molecule has 0 radical (unpaired) electrons. The van der Waals surface area contributed by atoms with Gasteiger partial charge in [0.1, 0.15) is 0 Å². The van der Waals surface area contributed by atoms with Gasteiger partial charge in [0.25, 0.3) is 0 Å². The molecule has 2 rings (SSSR count). The van der Waals surface area contributed by atoms with Crippen molar-refractivity contribution in [2.75, 3.05) is 12.4 Å². The molecule has 1 aliphatic carbocycles. The van der Waals surface area contributed by atoms with Crippen molar-refractivity contribution in [2.45, 2.75) is 32.2 Å². The fourth-order valence-corrected chi connectivity index (χ4v) is 2.22. The topological polar surface area (TPSA) is 34.1 Å². The highest BCUT2D eigenvalue weighted by atomic mass is 16.5. The van der Waals surface area contributed by atoms with E-state index in [1.807, 2.05) is 12.1 Å². The Hall–Kier alpha value is -1.25. The summed E-state index contributed by atoms with van der Waals surface area (Å²) in [5, 5.41) is 3.50. The molecule has 1 heterocycles. The molecule has 1 N–H and O–H groups in total. The number of nitrogens with one attached hydrogen (secondary N) is 1. The third kappa shape index (κ3) is 2.41. The molecular formula is C12H18N2O. The van der Waals surface area contributed by atoms with Crippen LogP contribution in [0.25, 0.3) is 0 Å². The molecule has 15 heavy (non-hydrogen) atoms. The Morgan fingerprint density at radius 1 is 1.47 bits per heavy atom. The summed E-state index contributed by atoms with van der Waals surface area (Å²) < 4.78 is 5.21. The van der Waals surface area contributed by atoms with Gasteiger partial charge in [-0.05, 0) is 37.3 Å². The molecule has 3 nitrogen and oxygen atoms in total. The number of aromatic nitrogens is 1. The number of hydrogen-bond acceptors (Lipinski definition) is 3. The second-order valence-corrected chi connectivity index (χ2v) is 4.32. The lowest BCUT2D eigenvalue weighted by atomic mass is 10.1. The predicted molar refractivity (Wildman–Crippen MR) is 61.2 cm³/mol. The maximum atomic E-state index is 5.21. The highest BCUT2D eigenvalue weighted by Gasteiger charge is 2.21. The quantitative estimate of drug-likeness (QED) is 0.825. The van der Waals surface area contributed by atoms with E-state index < -0.39 is 0 Å². The van der Waals surface area contributed by atoms with Crippen molar-refractivity contribution in [1.29, 1.82) is 0 Å². The van der Waals surface area contributed by atoms with Gasteiger partial charge >= 0.3 is 0 Å². The van der Waals surface area contributed by atoms with E-state index in [1.54, 1.807) is 13.3 Å². The first-order chi connectivity index (χ1) is 7.29. The minimum absolute atomic E-state index is 0.582. The van der Waals surface area contributed by atoms with Crippen molar-refractivity contribution in [3.05, 3.63) is 18.3 Å². The summed E-state index contributed by atoms with van der Waals surface area (Å²) in [5.74, 6) is 1.53. The molecule has 82 valence electrons. The molecular weight excluding hydrogens is 188 g/mol. The van der Waals surface area contributed by atoms with Crippen molar-refractivity contribution in [1.82, 2.24) is 4.98 Å².